The van der Waals surface area contributed by atoms with Gasteiger partial charge in [0.1, 0.15) is 17.9 Å². The van der Waals surface area contributed by atoms with E-state index in [0.29, 0.717) is 43.1 Å². The number of carbonyl (C=O) groups excluding carboxylic acids is 2. The van der Waals surface area contributed by atoms with E-state index in [4.69, 9.17) is 13.9 Å². The highest BCUT2D eigenvalue weighted by Gasteiger charge is 2.44. The number of carbonyl (C=O) groups is 2. The number of aliphatic hydroxyl groups excluding tert-OH is 1. The molecule has 0 saturated carbocycles. The van der Waals surface area contributed by atoms with Crippen LogP contribution >= 0.6 is 0 Å². The van der Waals surface area contributed by atoms with Crippen LogP contribution in [0.5, 0.6) is 5.75 Å². The van der Waals surface area contributed by atoms with E-state index in [1.54, 1.807) is 25.3 Å². The summed E-state index contributed by atoms with van der Waals surface area (Å²) in [5.41, 5.74) is 2.21. The minimum atomic E-state index is -0.801. The number of aliphatic hydroxyl groups is 1. The van der Waals surface area contributed by atoms with Gasteiger partial charge in [0.15, 0.2) is 11.5 Å². The lowest BCUT2D eigenvalue weighted by Gasteiger charge is -2.27. The summed E-state index contributed by atoms with van der Waals surface area (Å²) in [6, 6.07) is 25.1. The zero-order valence-electron chi connectivity index (χ0n) is 20.4. The molecule has 1 N–H and O–H groups in total. The highest BCUT2D eigenvalue weighted by Crippen LogP contribution is 2.40. The number of para-hydroxylation sites is 1. The molecule has 37 heavy (non-hydrogen) atoms. The van der Waals surface area contributed by atoms with Gasteiger partial charge in [-0.05, 0) is 41.8 Å². The minimum Gasteiger partial charge on any atom is -0.503 e. The largest absolute Gasteiger partial charge is 0.503 e. The van der Waals surface area contributed by atoms with E-state index in [-0.39, 0.29) is 11.3 Å². The molecule has 1 aliphatic heterocycles. The molecule has 0 saturated heterocycles. The third-order valence-corrected chi connectivity index (χ3v) is 6.37. The number of nitrogens with zero attached hydrogens (tertiary/aromatic N) is 1. The van der Waals surface area contributed by atoms with Gasteiger partial charge in [0.2, 0.25) is 5.78 Å². The van der Waals surface area contributed by atoms with E-state index in [0.717, 1.165) is 10.9 Å². The van der Waals surface area contributed by atoms with Crippen LogP contribution in [-0.4, -0.2) is 42.0 Å². The average Bonchev–Trinajstić information content (AvgIpc) is 3.47. The summed E-state index contributed by atoms with van der Waals surface area (Å²) in [4.78, 5) is 28.3. The number of methoxy groups -OCH3 is 1. The average molecular weight is 498 g/mol. The van der Waals surface area contributed by atoms with Crippen molar-refractivity contribution in [1.82, 2.24) is 4.90 Å². The Labute approximate surface area is 214 Å². The Balaban J connectivity index is 1.49. The first kappa shape index (κ1) is 24.3. The summed E-state index contributed by atoms with van der Waals surface area (Å²) in [5.74, 6) is -1.04. The van der Waals surface area contributed by atoms with Crippen molar-refractivity contribution in [2.24, 2.45) is 0 Å². The molecule has 1 amide bonds. The van der Waals surface area contributed by atoms with Gasteiger partial charge in [-0.15, -0.1) is 0 Å². The zero-order chi connectivity index (χ0) is 25.8. The number of Topliss-reactive ketones (excluding diaryl/α,β-unsaturated/α-hetero) is 1. The second kappa shape index (κ2) is 10.7. The Hall–Kier alpha value is -4.36. The van der Waals surface area contributed by atoms with Crippen molar-refractivity contribution >= 4 is 22.7 Å². The monoisotopic (exact) mass is 497 g/mol. The maximum absolute atomic E-state index is 13.7. The summed E-state index contributed by atoms with van der Waals surface area (Å²) >= 11 is 0. The van der Waals surface area contributed by atoms with Crippen molar-refractivity contribution < 1.29 is 28.6 Å². The zero-order valence-corrected chi connectivity index (χ0v) is 20.4. The molecule has 0 spiro atoms. The molecule has 1 atom stereocenters. The predicted molar refractivity (Wildman–Crippen MR) is 138 cm³/mol. The van der Waals surface area contributed by atoms with E-state index in [1.165, 1.54) is 4.90 Å². The Bertz CT molecular complexity index is 1420. The van der Waals surface area contributed by atoms with Gasteiger partial charge >= 0.3 is 0 Å². The fourth-order valence-corrected chi connectivity index (χ4v) is 4.58. The van der Waals surface area contributed by atoms with Crippen molar-refractivity contribution in [2.45, 2.75) is 19.1 Å². The van der Waals surface area contributed by atoms with Crippen molar-refractivity contribution in [3.8, 4) is 5.75 Å². The number of ether oxygens (including phenoxy) is 2. The number of hydrogen-bond acceptors (Lipinski definition) is 6. The van der Waals surface area contributed by atoms with Crippen LogP contribution in [0.4, 0.5) is 0 Å². The molecular formula is C30H27NO6. The van der Waals surface area contributed by atoms with E-state index < -0.39 is 23.5 Å². The fraction of sp³-hybridized carbons (Fsp3) is 0.200. The Morgan fingerprint density at radius 1 is 1.00 bits per heavy atom. The Morgan fingerprint density at radius 2 is 1.78 bits per heavy atom. The summed E-state index contributed by atoms with van der Waals surface area (Å²) in [7, 11) is 1.59. The fourth-order valence-electron chi connectivity index (χ4n) is 4.58. The first-order chi connectivity index (χ1) is 18.1. The highest BCUT2D eigenvalue weighted by atomic mass is 16.5. The lowest BCUT2D eigenvalue weighted by molar-refractivity contribution is -0.129. The molecule has 1 aliphatic rings. The van der Waals surface area contributed by atoms with Crippen LogP contribution in [0, 0.1) is 0 Å². The first-order valence-corrected chi connectivity index (χ1v) is 12.1. The van der Waals surface area contributed by atoms with Crippen LogP contribution in [0.2, 0.25) is 0 Å². The molecule has 4 aromatic rings. The van der Waals surface area contributed by atoms with Crippen LogP contribution in [-0.2, 0) is 16.1 Å². The SMILES string of the molecule is COCCCN1C(=O)C(O)=C(C(=O)c2cc3ccccc3o2)C1c1cccc(OCc2ccccc2)c1. The number of amides is 1. The number of ketones is 1. The first-order valence-electron chi connectivity index (χ1n) is 12.1. The third-order valence-electron chi connectivity index (χ3n) is 6.37. The highest BCUT2D eigenvalue weighted by molar-refractivity contribution is 6.16. The second-order valence-corrected chi connectivity index (χ2v) is 8.83. The van der Waals surface area contributed by atoms with Crippen molar-refractivity contribution in [3.63, 3.8) is 0 Å². The number of hydrogen-bond donors (Lipinski definition) is 1. The van der Waals surface area contributed by atoms with Crippen LogP contribution < -0.4 is 4.74 Å². The van der Waals surface area contributed by atoms with Crippen molar-refractivity contribution in [2.75, 3.05) is 20.3 Å². The molecule has 1 unspecified atom stereocenters. The molecule has 1 aromatic heterocycles. The molecular weight excluding hydrogens is 470 g/mol. The lowest BCUT2D eigenvalue weighted by Crippen LogP contribution is -2.32. The van der Waals surface area contributed by atoms with Crippen LogP contribution in [0.25, 0.3) is 11.0 Å². The van der Waals surface area contributed by atoms with Crippen LogP contribution in [0.3, 0.4) is 0 Å². The van der Waals surface area contributed by atoms with E-state index in [9.17, 15) is 14.7 Å². The number of rotatable bonds is 10. The van der Waals surface area contributed by atoms with Crippen molar-refractivity contribution in [3.05, 3.63) is 113 Å². The number of furan rings is 1. The molecule has 188 valence electrons. The summed E-state index contributed by atoms with van der Waals surface area (Å²) in [5, 5.41) is 11.7. The van der Waals surface area contributed by atoms with E-state index in [2.05, 4.69) is 0 Å². The summed E-state index contributed by atoms with van der Waals surface area (Å²) in [6.45, 7) is 1.11. The molecule has 3 aromatic carbocycles. The lowest BCUT2D eigenvalue weighted by atomic mass is 9.94. The van der Waals surface area contributed by atoms with Gasteiger partial charge in [-0.25, -0.2) is 0 Å². The van der Waals surface area contributed by atoms with Gasteiger partial charge in [0.25, 0.3) is 5.91 Å². The van der Waals surface area contributed by atoms with Gasteiger partial charge < -0.3 is 23.9 Å². The molecule has 0 fully saturated rings. The Morgan fingerprint density at radius 3 is 2.57 bits per heavy atom. The number of fused-ring (bicyclic) bond motifs is 1. The summed E-state index contributed by atoms with van der Waals surface area (Å²) in [6.07, 6.45) is 0.544. The smallest absolute Gasteiger partial charge is 0.290 e. The second-order valence-electron chi connectivity index (χ2n) is 8.83. The molecule has 2 heterocycles. The molecule has 0 radical (unpaired) electrons. The predicted octanol–water partition coefficient (Wildman–Crippen LogP) is 5.63. The van der Waals surface area contributed by atoms with Gasteiger partial charge in [-0.2, -0.15) is 0 Å². The van der Waals surface area contributed by atoms with Gasteiger partial charge in [-0.3, -0.25) is 9.59 Å². The quantitative estimate of drug-likeness (QED) is 0.226. The molecule has 7 nitrogen and oxygen atoms in total. The molecule has 5 rings (SSSR count). The van der Waals surface area contributed by atoms with E-state index in [1.807, 2.05) is 66.7 Å². The maximum Gasteiger partial charge on any atom is 0.290 e. The van der Waals surface area contributed by atoms with E-state index >= 15 is 0 Å². The normalized spacial score (nSPS) is 15.5. The molecule has 7 heteroatoms. The molecule has 0 bridgehead atoms. The van der Waals surface area contributed by atoms with Gasteiger partial charge in [0, 0.05) is 25.6 Å². The third kappa shape index (κ3) is 4.99. The van der Waals surface area contributed by atoms with Crippen molar-refractivity contribution in [1.29, 1.82) is 0 Å². The van der Waals surface area contributed by atoms with Crippen LogP contribution in [0.1, 0.15) is 34.1 Å². The van der Waals surface area contributed by atoms with Crippen LogP contribution in [0.15, 0.2) is 101 Å². The van der Waals surface area contributed by atoms with Gasteiger partial charge in [0.05, 0.1) is 11.6 Å². The van der Waals surface area contributed by atoms with Gasteiger partial charge in [-0.1, -0.05) is 60.7 Å². The molecule has 0 aliphatic carbocycles. The number of benzene rings is 3. The minimum absolute atomic E-state index is 0.0123. The standard InChI is InChI=1S/C30H27NO6/c1-35-16-8-15-31-27(22-12-7-13-23(17-22)36-19-20-9-3-2-4-10-20)26(29(33)30(31)34)28(32)25-18-21-11-5-6-14-24(21)37-25/h2-7,9-14,17-18,27,33H,8,15-16,19H2,1H3. The maximum atomic E-state index is 13.7. The summed E-state index contributed by atoms with van der Waals surface area (Å²) < 4.78 is 16.9. The topological polar surface area (TPSA) is 89.2 Å². The Kier molecular flexibility index (Phi) is 7.05.